The fraction of sp³-hybridized carbons (Fsp3) is 0.333. The smallest absolute Gasteiger partial charge is 0.414 e. The molecule has 0 aromatic heterocycles. The van der Waals surface area contributed by atoms with E-state index in [0.29, 0.717) is 32.9 Å². The maximum atomic E-state index is 12.2. The van der Waals surface area contributed by atoms with Crippen LogP contribution in [-0.4, -0.2) is 51.0 Å². The first-order valence-corrected chi connectivity index (χ1v) is 9.29. The second kappa shape index (κ2) is 8.41. The minimum atomic E-state index is -0.386. The molecule has 146 valence electrons. The van der Waals surface area contributed by atoms with E-state index in [4.69, 9.17) is 14.2 Å². The van der Waals surface area contributed by atoms with Gasteiger partial charge in [-0.1, -0.05) is 30.3 Å². The summed E-state index contributed by atoms with van der Waals surface area (Å²) in [6.45, 7) is 2.42. The Morgan fingerprint density at radius 1 is 0.964 bits per heavy atom. The van der Waals surface area contributed by atoms with Crippen molar-refractivity contribution in [3.05, 3.63) is 60.2 Å². The van der Waals surface area contributed by atoms with E-state index in [9.17, 15) is 9.59 Å². The molecular formula is C21H22N2O5. The van der Waals surface area contributed by atoms with Gasteiger partial charge in [-0.2, -0.15) is 0 Å². The number of rotatable bonds is 6. The van der Waals surface area contributed by atoms with Gasteiger partial charge in [0, 0.05) is 17.9 Å². The van der Waals surface area contributed by atoms with Crippen LogP contribution in [0.15, 0.2) is 54.6 Å². The van der Waals surface area contributed by atoms with Gasteiger partial charge in [0.2, 0.25) is 0 Å². The molecule has 2 aliphatic heterocycles. The largest absolute Gasteiger partial charge is 0.441 e. The van der Waals surface area contributed by atoms with Gasteiger partial charge < -0.3 is 19.1 Å². The van der Waals surface area contributed by atoms with Crippen LogP contribution in [0.3, 0.4) is 0 Å². The summed E-state index contributed by atoms with van der Waals surface area (Å²) in [6.07, 6.45) is -0.694. The summed E-state index contributed by atoms with van der Waals surface area (Å²) in [7, 11) is 0. The van der Waals surface area contributed by atoms with Gasteiger partial charge >= 0.3 is 6.09 Å². The molecule has 28 heavy (non-hydrogen) atoms. The van der Waals surface area contributed by atoms with Crippen LogP contribution < -0.4 is 9.80 Å². The van der Waals surface area contributed by atoms with Crippen LogP contribution in [0.5, 0.6) is 0 Å². The van der Waals surface area contributed by atoms with E-state index < -0.39 is 0 Å². The predicted molar refractivity (Wildman–Crippen MR) is 103 cm³/mol. The Balaban J connectivity index is 1.33. The van der Waals surface area contributed by atoms with Gasteiger partial charge in [-0.05, 0) is 29.8 Å². The number of benzene rings is 2. The molecule has 0 aliphatic carbocycles. The van der Waals surface area contributed by atoms with E-state index in [1.807, 2.05) is 54.6 Å². The van der Waals surface area contributed by atoms with Crippen LogP contribution in [0, 0.1) is 0 Å². The van der Waals surface area contributed by atoms with E-state index >= 15 is 0 Å². The van der Waals surface area contributed by atoms with Crippen molar-refractivity contribution in [2.75, 3.05) is 42.7 Å². The van der Waals surface area contributed by atoms with Crippen molar-refractivity contribution in [3.63, 3.8) is 0 Å². The number of ether oxygens (including phenoxy) is 3. The first-order valence-electron chi connectivity index (χ1n) is 9.29. The lowest BCUT2D eigenvalue weighted by Crippen LogP contribution is -2.41. The minimum Gasteiger partial charge on any atom is -0.441 e. The Kier molecular flexibility index (Phi) is 5.55. The minimum absolute atomic E-state index is 0.0600. The van der Waals surface area contributed by atoms with Crippen molar-refractivity contribution in [2.24, 2.45) is 0 Å². The highest BCUT2D eigenvalue weighted by molar-refractivity contribution is 5.95. The number of morpholine rings is 1. The Labute approximate surface area is 163 Å². The van der Waals surface area contributed by atoms with Crippen LogP contribution in [0.25, 0.3) is 0 Å². The number of hydrogen-bond donors (Lipinski definition) is 0. The van der Waals surface area contributed by atoms with Crippen molar-refractivity contribution in [1.82, 2.24) is 0 Å². The van der Waals surface area contributed by atoms with Crippen molar-refractivity contribution < 1.29 is 23.8 Å². The van der Waals surface area contributed by atoms with Gasteiger partial charge in [0.05, 0.1) is 26.4 Å². The molecule has 7 heteroatoms. The van der Waals surface area contributed by atoms with Crippen LogP contribution in [0.2, 0.25) is 0 Å². The Morgan fingerprint density at radius 2 is 1.68 bits per heavy atom. The maximum Gasteiger partial charge on any atom is 0.414 e. The zero-order valence-corrected chi connectivity index (χ0v) is 15.5. The zero-order chi connectivity index (χ0) is 19.3. The lowest BCUT2D eigenvalue weighted by atomic mass is 10.2. The summed E-state index contributed by atoms with van der Waals surface area (Å²) in [5.41, 5.74) is 2.62. The first kappa shape index (κ1) is 18.5. The van der Waals surface area contributed by atoms with E-state index in [1.165, 1.54) is 0 Å². The van der Waals surface area contributed by atoms with E-state index in [1.54, 1.807) is 9.80 Å². The van der Waals surface area contributed by atoms with Gasteiger partial charge in [-0.3, -0.25) is 9.69 Å². The highest BCUT2D eigenvalue weighted by atomic mass is 16.6. The number of carbonyl (C=O) groups excluding carboxylic acids is 2. The van der Waals surface area contributed by atoms with Gasteiger partial charge in [-0.25, -0.2) is 4.79 Å². The molecule has 2 heterocycles. The average molecular weight is 382 g/mol. The molecule has 0 saturated carbocycles. The van der Waals surface area contributed by atoms with Crippen molar-refractivity contribution in [3.8, 4) is 0 Å². The van der Waals surface area contributed by atoms with Gasteiger partial charge in [0.15, 0.2) is 0 Å². The SMILES string of the molecule is O=C1COCCN1c1ccc(N2C[C@H](COCc3ccccc3)OC2=O)cc1. The fourth-order valence-electron chi connectivity index (χ4n) is 3.31. The van der Waals surface area contributed by atoms with Crippen LogP contribution in [0.4, 0.5) is 16.2 Å². The summed E-state index contributed by atoms with van der Waals surface area (Å²) in [4.78, 5) is 27.4. The van der Waals surface area contributed by atoms with E-state index in [2.05, 4.69) is 0 Å². The molecule has 0 N–H and O–H groups in total. The van der Waals surface area contributed by atoms with Gasteiger partial charge in [0.25, 0.3) is 5.91 Å². The zero-order valence-electron chi connectivity index (χ0n) is 15.5. The van der Waals surface area contributed by atoms with Gasteiger partial charge in [-0.15, -0.1) is 0 Å². The van der Waals surface area contributed by atoms with E-state index in [-0.39, 0.29) is 24.7 Å². The summed E-state index contributed by atoms with van der Waals surface area (Å²) in [5, 5.41) is 0. The second-order valence-electron chi connectivity index (χ2n) is 6.73. The van der Waals surface area contributed by atoms with Crippen LogP contribution >= 0.6 is 0 Å². The molecule has 0 unspecified atom stereocenters. The molecule has 2 aromatic carbocycles. The number of carbonyl (C=O) groups is 2. The average Bonchev–Trinajstić information content (AvgIpc) is 3.10. The molecule has 2 amide bonds. The Morgan fingerprint density at radius 3 is 2.39 bits per heavy atom. The third-order valence-electron chi connectivity index (χ3n) is 4.75. The molecular weight excluding hydrogens is 360 g/mol. The van der Waals surface area contributed by atoms with Crippen LogP contribution in [0.1, 0.15) is 5.56 Å². The summed E-state index contributed by atoms with van der Waals surface area (Å²) >= 11 is 0. The third kappa shape index (κ3) is 4.16. The van der Waals surface area contributed by atoms with E-state index in [0.717, 1.165) is 16.9 Å². The topological polar surface area (TPSA) is 68.3 Å². The summed E-state index contributed by atoms with van der Waals surface area (Å²) in [6, 6.07) is 17.2. The molecule has 2 saturated heterocycles. The van der Waals surface area contributed by atoms with Crippen molar-refractivity contribution in [1.29, 1.82) is 0 Å². The number of hydrogen-bond acceptors (Lipinski definition) is 5. The number of anilines is 2. The molecule has 0 spiro atoms. The molecule has 2 aromatic rings. The number of amides is 2. The molecule has 7 nitrogen and oxygen atoms in total. The molecule has 0 bridgehead atoms. The highest BCUT2D eigenvalue weighted by Crippen LogP contribution is 2.25. The van der Waals surface area contributed by atoms with Crippen molar-refractivity contribution in [2.45, 2.75) is 12.7 Å². The second-order valence-corrected chi connectivity index (χ2v) is 6.73. The van der Waals surface area contributed by atoms with Gasteiger partial charge in [0.1, 0.15) is 12.7 Å². The quantitative estimate of drug-likeness (QED) is 0.768. The monoisotopic (exact) mass is 382 g/mol. The fourth-order valence-corrected chi connectivity index (χ4v) is 3.31. The highest BCUT2D eigenvalue weighted by Gasteiger charge is 2.32. The Hall–Kier alpha value is -2.90. The first-order chi connectivity index (χ1) is 13.7. The third-order valence-corrected chi connectivity index (χ3v) is 4.75. The molecule has 4 rings (SSSR count). The maximum absolute atomic E-state index is 12.2. The predicted octanol–water partition coefficient (Wildman–Crippen LogP) is 2.59. The summed E-state index contributed by atoms with van der Waals surface area (Å²) in [5.74, 6) is -0.0600. The Bertz CT molecular complexity index is 824. The summed E-state index contributed by atoms with van der Waals surface area (Å²) < 4.78 is 16.2. The normalized spacial score (nSPS) is 19.8. The molecule has 2 aliphatic rings. The number of cyclic esters (lactones) is 1. The standard InChI is InChI=1S/C21H22N2O5/c24-20-15-26-11-10-22(20)17-6-8-18(9-7-17)23-12-19(28-21(23)25)14-27-13-16-4-2-1-3-5-16/h1-9,19H,10-15H2/t19-/m1/s1. The molecule has 2 fully saturated rings. The lowest BCUT2D eigenvalue weighted by Gasteiger charge is -2.27. The molecule has 1 atom stereocenters. The van der Waals surface area contributed by atoms with Crippen molar-refractivity contribution >= 4 is 23.4 Å². The lowest BCUT2D eigenvalue weighted by molar-refractivity contribution is -0.125. The molecule has 0 radical (unpaired) electrons. The number of nitrogens with zero attached hydrogens (tertiary/aromatic N) is 2. The van der Waals surface area contributed by atoms with Crippen LogP contribution in [-0.2, 0) is 25.6 Å².